The van der Waals surface area contributed by atoms with Gasteiger partial charge in [0.1, 0.15) is 17.4 Å². The van der Waals surface area contributed by atoms with Gasteiger partial charge in [-0.3, -0.25) is 0 Å². The van der Waals surface area contributed by atoms with E-state index >= 15 is 0 Å². The molecule has 1 unspecified atom stereocenters. The van der Waals surface area contributed by atoms with Crippen LogP contribution in [0.4, 0.5) is 8.78 Å². The fraction of sp³-hybridized carbons (Fsp3) is 0.286. The summed E-state index contributed by atoms with van der Waals surface area (Å²) in [5.74, 6) is -0.455. The third-order valence-electron chi connectivity index (χ3n) is 3.07. The zero-order chi connectivity index (χ0) is 14.0. The van der Waals surface area contributed by atoms with Crippen LogP contribution in [-0.4, -0.2) is 7.05 Å². The predicted molar refractivity (Wildman–Crippen MR) is 73.0 cm³/mol. The van der Waals surface area contributed by atoms with E-state index in [0.717, 1.165) is 11.3 Å². The summed E-state index contributed by atoms with van der Waals surface area (Å²) in [7, 11) is 1.66. The van der Waals surface area contributed by atoms with Crippen LogP contribution in [0.25, 0.3) is 0 Å². The van der Waals surface area contributed by atoms with Gasteiger partial charge in [0.25, 0.3) is 0 Å². The molecule has 0 spiro atoms. The molecular weight excluding hydrogens is 316 g/mol. The molecule has 2 rings (SSSR count). The monoisotopic (exact) mass is 329 g/mol. The third-order valence-corrected chi connectivity index (χ3v) is 3.68. The Hall–Kier alpha value is -1.20. The molecule has 1 atom stereocenters. The predicted octanol–water partition coefficient (Wildman–Crippen LogP) is 4.19. The average molecular weight is 330 g/mol. The molecule has 1 aromatic heterocycles. The second-order valence-corrected chi connectivity index (χ2v) is 4.99. The van der Waals surface area contributed by atoms with E-state index in [0.29, 0.717) is 6.42 Å². The second-order valence-electron chi connectivity index (χ2n) is 4.13. The molecule has 102 valence electrons. The van der Waals surface area contributed by atoms with Crippen molar-refractivity contribution in [3.8, 4) is 0 Å². The summed E-state index contributed by atoms with van der Waals surface area (Å²) in [4.78, 5) is 0. The van der Waals surface area contributed by atoms with E-state index < -0.39 is 17.7 Å². The summed E-state index contributed by atoms with van der Waals surface area (Å²) in [6.07, 6.45) is 2.20. The number of furan rings is 1. The van der Waals surface area contributed by atoms with E-state index in [9.17, 15) is 8.78 Å². The lowest BCUT2D eigenvalue weighted by atomic mass is 9.97. The van der Waals surface area contributed by atoms with Crippen molar-refractivity contribution in [1.29, 1.82) is 0 Å². The Kier molecular flexibility index (Phi) is 4.37. The van der Waals surface area contributed by atoms with Crippen molar-refractivity contribution in [2.45, 2.75) is 19.4 Å². The molecule has 0 aliphatic rings. The first kappa shape index (κ1) is 14.2. The number of halogens is 3. The van der Waals surface area contributed by atoms with E-state index in [-0.39, 0.29) is 10.0 Å². The largest absolute Gasteiger partial charge is 0.469 e. The van der Waals surface area contributed by atoms with Crippen molar-refractivity contribution in [3.05, 3.63) is 57.5 Å². The SMILES string of the molecule is CCc1occc1C(NC)c1c(F)ccc(Br)c1F. The number of hydrogen-bond donors (Lipinski definition) is 1. The third kappa shape index (κ3) is 2.58. The maximum absolute atomic E-state index is 14.2. The Bertz CT molecular complexity index is 583. The molecule has 0 aliphatic carbocycles. The molecular formula is C14H14BrF2NO. The van der Waals surface area contributed by atoms with Gasteiger partial charge in [0.2, 0.25) is 0 Å². The molecule has 0 aliphatic heterocycles. The van der Waals surface area contributed by atoms with Crippen molar-refractivity contribution in [3.63, 3.8) is 0 Å². The lowest BCUT2D eigenvalue weighted by molar-refractivity contribution is 0.490. The zero-order valence-corrected chi connectivity index (χ0v) is 12.2. The number of hydrogen-bond acceptors (Lipinski definition) is 2. The van der Waals surface area contributed by atoms with Crippen LogP contribution in [0.2, 0.25) is 0 Å². The molecule has 5 heteroatoms. The molecule has 1 heterocycles. The number of aryl methyl sites for hydroxylation is 1. The minimum Gasteiger partial charge on any atom is -0.469 e. The molecule has 1 aromatic carbocycles. The molecule has 0 amide bonds. The highest BCUT2D eigenvalue weighted by molar-refractivity contribution is 9.10. The normalized spacial score (nSPS) is 12.7. The van der Waals surface area contributed by atoms with Crippen LogP contribution >= 0.6 is 15.9 Å². The van der Waals surface area contributed by atoms with Gasteiger partial charge < -0.3 is 9.73 Å². The standard InChI is InChI=1S/C14H14BrF2NO/c1-3-11-8(6-7-19-11)14(18-2)12-10(16)5-4-9(15)13(12)17/h4-7,14,18H,3H2,1-2H3. The van der Waals surface area contributed by atoms with Crippen molar-refractivity contribution in [2.75, 3.05) is 7.05 Å². The van der Waals surface area contributed by atoms with Gasteiger partial charge in [0.15, 0.2) is 0 Å². The Morgan fingerprint density at radius 3 is 2.68 bits per heavy atom. The van der Waals surface area contributed by atoms with Crippen molar-refractivity contribution in [2.24, 2.45) is 0 Å². The van der Waals surface area contributed by atoms with Crippen molar-refractivity contribution < 1.29 is 13.2 Å². The quantitative estimate of drug-likeness (QED) is 0.851. The Morgan fingerprint density at radius 2 is 2.05 bits per heavy atom. The molecule has 19 heavy (non-hydrogen) atoms. The van der Waals surface area contributed by atoms with Gasteiger partial charge >= 0.3 is 0 Å². The van der Waals surface area contributed by atoms with E-state index in [1.807, 2.05) is 6.92 Å². The van der Waals surface area contributed by atoms with Gasteiger partial charge in [-0.15, -0.1) is 0 Å². The summed E-state index contributed by atoms with van der Waals surface area (Å²) in [6.45, 7) is 1.93. The Balaban J connectivity index is 2.58. The van der Waals surface area contributed by atoms with E-state index in [4.69, 9.17) is 4.42 Å². The Morgan fingerprint density at radius 1 is 1.32 bits per heavy atom. The lowest BCUT2D eigenvalue weighted by Gasteiger charge is -2.18. The Labute approximate surface area is 118 Å². The van der Waals surface area contributed by atoms with Crippen LogP contribution in [-0.2, 0) is 6.42 Å². The fourth-order valence-electron chi connectivity index (χ4n) is 2.16. The fourth-order valence-corrected chi connectivity index (χ4v) is 2.50. The molecule has 0 saturated carbocycles. The van der Waals surface area contributed by atoms with E-state index in [1.54, 1.807) is 13.1 Å². The van der Waals surface area contributed by atoms with E-state index in [1.165, 1.54) is 18.4 Å². The first-order chi connectivity index (χ1) is 9.10. The van der Waals surface area contributed by atoms with Crippen molar-refractivity contribution >= 4 is 15.9 Å². The first-order valence-electron chi connectivity index (χ1n) is 5.97. The summed E-state index contributed by atoms with van der Waals surface area (Å²) in [6, 6.07) is 3.76. The highest BCUT2D eigenvalue weighted by Gasteiger charge is 2.25. The number of rotatable bonds is 4. The smallest absolute Gasteiger partial charge is 0.145 e. The zero-order valence-electron chi connectivity index (χ0n) is 10.6. The van der Waals surface area contributed by atoms with Gasteiger partial charge in [-0.2, -0.15) is 0 Å². The number of nitrogens with one attached hydrogen (secondary N) is 1. The lowest BCUT2D eigenvalue weighted by Crippen LogP contribution is -2.21. The topological polar surface area (TPSA) is 25.2 Å². The van der Waals surface area contributed by atoms with Crippen LogP contribution < -0.4 is 5.32 Å². The minimum absolute atomic E-state index is 0.00650. The van der Waals surface area contributed by atoms with Gasteiger partial charge in [0.05, 0.1) is 16.8 Å². The van der Waals surface area contributed by atoms with Crippen LogP contribution in [0.5, 0.6) is 0 Å². The van der Waals surface area contributed by atoms with Crippen molar-refractivity contribution in [1.82, 2.24) is 5.32 Å². The summed E-state index contributed by atoms with van der Waals surface area (Å²) < 4.78 is 33.7. The van der Waals surface area contributed by atoms with Crippen LogP contribution in [0, 0.1) is 11.6 Å². The average Bonchev–Trinajstić information content (AvgIpc) is 2.87. The van der Waals surface area contributed by atoms with Gasteiger partial charge in [-0.25, -0.2) is 8.78 Å². The van der Waals surface area contributed by atoms with Gasteiger partial charge in [-0.05, 0) is 41.2 Å². The minimum atomic E-state index is -0.595. The molecule has 0 fully saturated rings. The molecule has 0 radical (unpaired) electrons. The summed E-state index contributed by atoms with van der Waals surface area (Å²) in [5.41, 5.74) is 0.744. The van der Waals surface area contributed by atoms with Crippen LogP contribution in [0.15, 0.2) is 33.4 Å². The number of benzene rings is 1. The van der Waals surface area contributed by atoms with Gasteiger partial charge in [0, 0.05) is 17.5 Å². The molecule has 0 saturated heterocycles. The van der Waals surface area contributed by atoms with E-state index in [2.05, 4.69) is 21.2 Å². The summed E-state index contributed by atoms with van der Waals surface area (Å²) >= 11 is 3.08. The highest BCUT2D eigenvalue weighted by atomic mass is 79.9. The highest BCUT2D eigenvalue weighted by Crippen LogP contribution is 2.32. The van der Waals surface area contributed by atoms with Gasteiger partial charge in [-0.1, -0.05) is 6.92 Å². The van der Waals surface area contributed by atoms with Crippen LogP contribution in [0.3, 0.4) is 0 Å². The second kappa shape index (κ2) is 5.84. The van der Waals surface area contributed by atoms with Crippen LogP contribution in [0.1, 0.15) is 29.9 Å². The molecule has 2 aromatic rings. The maximum atomic E-state index is 14.2. The molecule has 2 nitrogen and oxygen atoms in total. The first-order valence-corrected chi connectivity index (χ1v) is 6.76. The molecule has 0 bridgehead atoms. The summed E-state index contributed by atoms with van der Waals surface area (Å²) in [5, 5.41) is 2.94. The molecule has 1 N–H and O–H groups in total. The maximum Gasteiger partial charge on any atom is 0.145 e.